The zero-order valence-electron chi connectivity index (χ0n) is 16.9. The Morgan fingerprint density at radius 2 is 1.79 bits per heavy atom. The van der Waals surface area contributed by atoms with Crippen molar-refractivity contribution in [2.45, 2.75) is 39.3 Å². The summed E-state index contributed by atoms with van der Waals surface area (Å²) >= 11 is 0. The number of nitrogen functional groups attached to an aromatic ring is 1. The van der Waals surface area contributed by atoms with Crippen LogP contribution in [0.3, 0.4) is 0 Å². The van der Waals surface area contributed by atoms with E-state index in [9.17, 15) is 5.11 Å². The third-order valence-electron chi connectivity index (χ3n) is 4.68. The predicted molar refractivity (Wildman–Crippen MR) is 116 cm³/mol. The van der Waals surface area contributed by atoms with Crippen molar-refractivity contribution >= 4 is 22.9 Å². The third-order valence-corrected chi connectivity index (χ3v) is 4.68. The third kappa shape index (κ3) is 5.33. The van der Waals surface area contributed by atoms with Gasteiger partial charge in [0.1, 0.15) is 0 Å². The summed E-state index contributed by atoms with van der Waals surface area (Å²) in [5.74, 6) is 0.706. The Balaban J connectivity index is 1.77. The van der Waals surface area contributed by atoms with E-state index in [1.807, 2.05) is 12.1 Å². The van der Waals surface area contributed by atoms with Crippen molar-refractivity contribution in [3.05, 3.63) is 35.4 Å². The number of aromatic nitrogens is 4. The molecule has 0 bridgehead atoms. The Hall–Kier alpha value is -2.91. The molecule has 0 amide bonds. The fourth-order valence-electron chi connectivity index (χ4n) is 3.09. The molecule has 3 rings (SSSR count). The Labute approximate surface area is 170 Å². The molecule has 0 atom stereocenters. The molecule has 9 nitrogen and oxygen atoms in total. The number of nitrogens with one attached hydrogen (secondary N) is 2. The molecule has 0 aliphatic heterocycles. The van der Waals surface area contributed by atoms with Gasteiger partial charge < -0.3 is 27.2 Å². The minimum Gasteiger partial charge on any atom is -0.480 e. The van der Waals surface area contributed by atoms with Gasteiger partial charge in [-0.15, -0.1) is 0 Å². The standard InChI is InChI=1S/C20H30N8O/c1-2-3-4-10-24-19-26-17(22)16-18(27-19)28(20(29)25-16)13-15-7-5-14(6-8-15)12-23-11-9-21/h5-8,23H,2-4,9-13,21H2,1H3,(H,25,29)(H3,22,24,26,27). The Morgan fingerprint density at radius 3 is 2.52 bits per heavy atom. The molecule has 29 heavy (non-hydrogen) atoms. The second-order valence-corrected chi connectivity index (χ2v) is 7.02. The van der Waals surface area contributed by atoms with Gasteiger partial charge in [0.15, 0.2) is 17.0 Å². The lowest BCUT2D eigenvalue weighted by molar-refractivity contribution is 0.408. The summed E-state index contributed by atoms with van der Waals surface area (Å²) < 4.78 is 1.65. The molecule has 0 unspecified atom stereocenters. The average molecular weight is 399 g/mol. The van der Waals surface area contributed by atoms with Gasteiger partial charge in [-0.25, -0.2) is 0 Å². The maximum absolute atomic E-state index is 10.3. The van der Waals surface area contributed by atoms with Crippen LogP contribution in [0.1, 0.15) is 37.3 Å². The van der Waals surface area contributed by atoms with Crippen molar-refractivity contribution in [1.82, 2.24) is 24.8 Å². The van der Waals surface area contributed by atoms with E-state index in [2.05, 4.69) is 44.6 Å². The first-order chi connectivity index (χ1) is 14.1. The molecule has 156 valence electrons. The number of nitrogens with two attached hydrogens (primary N) is 2. The zero-order valence-corrected chi connectivity index (χ0v) is 16.9. The zero-order chi connectivity index (χ0) is 20.6. The van der Waals surface area contributed by atoms with Gasteiger partial charge in [0.25, 0.3) is 6.01 Å². The summed E-state index contributed by atoms with van der Waals surface area (Å²) in [4.78, 5) is 12.9. The van der Waals surface area contributed by atoms with E-state index in [1.165, 1.54) is 5.56 Å². The van der Waals surface area contributed by atoms with Crippen molar-refractivity contribution in [1.29, 1.82) is 0 Å². The maximum Gasteiger partial charge on any atom is 0.296 e. The van der Waals surface area contributed by atoms with Crippen LogP contribution < -0.4 is 22.1 Å². The van der Waals surface area contributed by atoms with Crippen molar-refractivity contribution in [2.75, 3.05) is 30.7 Å². The number of imidazole rings is 1. The molecule has 0 aliphatic carbocycles. The van der Waals surface area contributed by atoms with Gasteiger partial charge in [0, 0.05) is 26.2 Å². The normalized spacial score (nSPS) is 11.2. The molecule has 2 heterocycles. The molecule has 0 radical (unpaired) electrons. The van der Waals surface area contributed by atoms with E-state index in [1.54, 1.807) is 4.57 Å². The van der Waals surface area contributed by atoms with Crippen LogP contribution in [0.15, 0.2) is 24.3 Å². The van der Waals surface area contributed by atoms with Crippen LogP contribution in [0.4, 0.5) is 11.8 Å². The highest BCUT2D eigenvalue weighted by molar-refractivity contribution is 5.84. The van der Waals surface area contributed by atoms with Crippen molar-refractivity contribution in [2.24, 2.45) is 5.73 Å². The van der Waals surface area contributed by atoms with Gasteiger partial charge in [-0.3, -0.25) is 4.57 Å². The Bertz CT molecular complexity index is 922. The van der Waals surface area contributed by atoms with Gasteiger partial charge in [0.2, 0.25) is 5.95 Å². The monoisotopic (exact) mass is 398 g/mol. The van der Waals surface area contributed by atoms with Crippen LogP contribution in [-0.2, 0) is 13.1 Å². The number of rotatable bonds is 11. The molecule has 9 heteroatoms. The summed E-state index contributed by atoms with van der Waals surface area (Å²) in [5.41, 5.74) is 14.7. The summed E-state index contributed by atoms with van der Waals surface area (Å²) in [6, 6.07) is 8.04. The number of unbranched alkanes of at least 4 members (excludes halogenated alkanes) is 2. The molecular weight excluding hydrogens is 368 g/mol. The van der Waals surface area contributed by atoms with E-state index in [4.69, 9.17) is 11.5 Å². The van der Waals surface area contributed by atoms with Crippen LogP contribution in [0.25, 0.3) is 11.2 Å². The molecule has 7 N–H and O–H groups in total. The molecule has 1 aromatic carbocycles. The molecule has 3 aromatic rings. The fourth-order valence-corrected chi connectivity index (χ4v) is 3.09. The van der Waals surface area contributed by atoms with Crippen molar-refractivity contribution in [3.8, 4) is 6.01 Å². The molecule has 0 spiro atoms. The lowest BCUT2D eigenvalue weighted by Crippen LogP contribution is -2.21. The predicted octanol–water partition coefficient (Wildman–Crippen LogP) is 1.81. The summed E-state index contributed by atoms with van der Waals surface area (Å²) in [7, 11) is 0. The van der Waals surface area contributed by atoms with E-state index < -0.39 is 0 Å². The van der Waals surface area contributed by atoms with E-state index in [-0.39, 0.29) is 11.8 Å². The minimum atomic E-state index is -0.127. The van der Waals surface area contributed by atoms with Gasteiger partial charge in [-0.1, -0.05) is 44.0 Å². The van der Waals surface area contributed by atoms with Crippen molar-refractivity contribution in [3.63, 3.8) is 0 Å². The summed E-state index contributed by atoms with van der Waals surface area (Å²) in [6.07, 6.45) is 3.32. The van der Waals surface area contributed by atoms with Gasteiger partial charge in [-0.2, -0.15) is 15.0 Å². The minimum absolute atomic E-state index is 0.127. The van der Waals surface area contributed by atoms with Crippen LogP contribution in [0.5, 0.6) is 6.01 Å². The fraction of sp³-hybridized carbons (Fsp3) is 0.450. The topological polar surface area (TPSA) is 140 Å². The highest BCUT2D eigenvalue weighted by Crippen LogP contribution is 2.25. The Kier molecular flexibility index (Phi) is 7.20. The first-order valence-electron chi connectivity index (χ1n) is 10.1. The van der Waals surface area contributed by atoms with Gasteiger partial charge in [0.05, 0.1) is 6.54 Å². The first-order valence-corrected chi connectivity index (χ1v) is 10.1. The van der Waals surface area contributed by atoms with Crippen LogP contribution >= 0.6 is 0 Å². The molecular formula is C20H30N8O. The number of fused-ring (bicyclic) bond motifs is 1. The second kappa shape index (κ2) is 10.0. The maximum atomic E-state index is 10.3. The highest BCUT2D eigenvalue weighted by Gasteiger charge is 2.16. The lowest BCUT2D eigenvalue weighted by Gasteiger charge is -2.09. The van der Waals surface area contributed by atoms with Gasteiger partial charge in [-0.05, 0) is 17.5 Å². The molecule has 0 saturated heterocycles. The summed E-state index contributed by atoms with van der Waals surface area (Å²) in [6.45, 7) is 5.54. The number of hydrogen-bond acceptors (Lipinski definition) is 8. The van der Waals surface area contributed by atoms with E-state index >= 15 is 0 Å². The van der Waals surface area contributed by atoms with Crippen LogP contribution in [0, 0.1) is 0 Å². The Morgan fingerprint density at radius 1 is 1.03 bits per heavy atom. The lowest BCUT2D eigenvalue weighted by atomic mass is 10.1. The number of aromatic hydroxyl groups is 1. The quantitative estimate of drug-likeness (QED) is 0.308. The van der Waals surface area contributed by atoms with Crippen LogP contribution in [-0.4, -0.2) is 44.3 Å². The van der Waals surface area contributed by atoms with Gasteiger partial charge >= 0.3 is 0 Å². The second-order valence-electron chi connectivity index (χ2n) is 7.02. The molecule has 0 fully saturated rings. The molecule has 0 aliphatic rings. The highest BCUT2D eigenvalue weighted by atomic mass is 16.3. The van der Waals surface area contributed by atoms with E-state index in [0.717, 1.165) is 44.5 Å². The van der Waals surface area contributed by atoms with Crippen LogP contribution in [0.2, 0.25) is 0 Å². The SMILES string of the molecule is CCCCCNc1nc(N)c2nc(O)n(Cc3ccc(CNCCN)cc3)c2n1. The number of benzene rings is 1. The number of anilines is 2. The smallest absolute Gasteiger partial charge is 0.296 e. The summed E-state index contributed by atoms with van der Waals surface area (Å²) in [5, 5.41) is 16.8. The van der Waals surface area contributed by atoms with Crippen molar-refractivity contribution < 1.29 is 5.11 Å². The van der Waals surface area contributed by atoms with E-state index in [0.29, 0.717) is 30.2 Å². The molecule has 0 saturated carbocycles. The largest absolute Gasteiger partial charge is 0.480 e. The molecule has 2 aromatic heterocycles. The first kappa shape index (κ1) is 20.8. The number of hydrogen-bond donors (Lipinski definition) is 5. The average Bonchev–Trinajstić information content (AvgIpc) is 3.03. The number of nitrogens with zero attached hydrogens (tertiary/aromatic N) is 4.